The number of nitrogens with zero attached hydrogens (tertiary/aromatic N) is 1. The lowest BCUT2D eigenvalue weighted by Crippen LogP contribution is -2.07. The van der Waals surface area contributed by atoms with Crippen molar-refractivity contribution in [1.82, 2.24) is 0 Å². The van der Waals surface area contributed by atoms with Gasteiger partial charge in [-0.2, -0.15) is 0 Å². The van der Waals surface area contributed by atoms with Crippen molar-refractivity contribution in [2.75, 3.05) is 12.4 Å². The lowest BCUT2D eigenvalue weighted by molar-refractivity contribution is -0.384. The van der Waals surface area contributed by atoms with Gasteiger partial charge in [-0.3, -0.25) is 10.1 Å². The monoisotopic (exact) mass is 290 g/mol. The minimum atomic E-state index is -0.476. The van der Waals surface area contributed by atoms with Crippen molar-refractivity contribution in [1.29, 1.82) is 0 Å². The number of ether oxygens (including phenoxy) is 1. The van der Waals surface area contributed by atoms with Crippen LogP contribution in [0, 0.1) is 15.9 Å². The summed E-state index contributed by atoms with van der Waals surface area (Å²) in [6.07, 6.45) is 0. The highest BCUT2D eigenvalue weighted by Crippen LogP contribution is 2.28. The Morgan fingerprint density at radius 2 is 1.90 bits per heavy atom. The van der Waals surface area contributed by atoms with E-state index in [4.69, 9.17) is 4.74 Å². The third kappa shape index (κ3) is 3.68. The van der Waals surface area contributed by atoms with E-state index in [1.165, 1.54) is 31.4 Å². The van der Waals surface area contributed by atoms with Gasteiger partial charge in [0.05, 0.1) is 18.1 Å². The second kappa shape index (κ2) is 6.21. The van der Waals surface area contributed by atoms with Crippen molar-refractivity contribution in [2.24, 2.45) is 0 Å². The van der Waals surface area contributed by atoms with Crippen LogP contribution in [0.15, 0.2) is 42.5 Å². The molecule has 0 aliphatic carbocycles. The van der Waals surface area contributed by atoms with Gasteiger partial charge in [0, 0.05) is 23.9 Å². The molecule has 0 saturated carbocycles. The van der Waals surface area contributed by atoms with Crippen LogP contribution >= 0.6 is 0 Å². The Hall–Kier alpha value is -2.63. The van der Waals surface area contributed by atoms with Gasteiger partial charge in [-0.25, -0.2) is 4.39 Å². The summed E-state index contributed by atoms with van der Waals surface area (Å²) in [7, 11) is 1.45. The largest absolute Gasteiger partial charge is 0.496 e. The summed E-state index contributed by atoms with van der Waals surface area (Å²) in [5.74, 6) is 0.0981. The highest BCUT2D eigenvalue weighted by atomic mass is 19.1. The molecular formula is C15H15FN2O3. The fraction of sp³-hybridized carbons (Fsp3) is 0.200. The van der Waals surface area contributed by atoms with Crippen LogP contribution in [-0.4, -0.2) is 12.0 Å². The number of nitro benzene ring substituents is 1. The van der Waals surface area contributed by atoms with Crippen molar-refractivity contribution in [3.63, 3.8) is 0 Å². The number of non-ortho nitro benzene ring substituents is 1. The Bertz CT molecular complexity index is 644. The molecule has 0 amide bonds. The number of rotatable bonds is 5. The van der Waals surface area contributed by atoms with Crippen molar-refractivity contribution < 1.29 is 14.1 Å². The number of hydrogen-bond acceptors (Lipinski definition) is 4. The zero-order chi connectivity index (χ0) is 15.4. The Labute approximate surface area is 121 Å². The van der Waals surface area contributed by atoms with E-state index in [9.17, 15) is 14.5 Å². The first-order valence-corrected chi connectivity index (χ1v) is 6.35. The first-order valence-electron chi connectivity index (χ1n) is 6.35. The number of anilines is 1. The van der Waals surface area contributed by atoms with Gasteiger partial charge in [-0.05, 0) is 24.6 Å². The molecule has 0 fully saturated rings. The normalized spacial score (nSPS) is 11.8. The van der Waals surface area contributed by atoms with Gasteiger partial charge in [0.1, 0.15) is 11.6 Å². The molecule has 110 valence electrons. The quantitative estimate of drug-likeness (QED) is 0.669. The first-order chi connectivity index (χ1) is 9.99. The van der Waals surface area contributed by atoms with E-state index >= 15 is 0 Å². The fourth-order valence-electron chi connectivity index (χ4n) is 1.97. The van der Waals surface area contributed by atoms with Gasteiger partial charge in [-0.1, -0.05) is 12.1 Å². The highest BCUT2D eigenvalue weighted by molar-refractivity contribution is 5.57. The lowest BCUT2D eigenvalue weighted by Gasteiger charge is -2.16. The predicted octanol–water partition coefficient (Wildman–Crippen LogP) is 3.92. The summed E-state index contributed by atoms with van der Waals surface area (Å²) in [4.78, 5) is 10.4. The molecule has 0 spiro atoms. The molecule has 1 atom stereocenters. The van der Waals surface area contributed by atoms with Gasteiger partial charge in [0.25, 0.3) is 5.69 Å². The minimum absolute atomic E-state index is 0.0526. The second-order valence-electron chi connectivity index (χ2n) is 4.59. The molecule has 0 radical (unpaired) electrons. The zero-order valence-corrected chi connectivity index (χ0v) is 11.7. The molecular weight excluding hydrogens is 275 g/mol. The predicted molar refractivity (Wildman–Crippen MR) is 78.1 cm³/mol. The topological polar surface area (TPSA) is 64.4 Å². The zero-order valence-electron chi connectivity index (χ0n) is 11.7. The Morgan fingerprint density at radius 1 is 1.24 bits per heavy atom. The van der Waals surface area contributed by atoms with Crippen molar-refractivity contribution in [3.8, 4) is 5.75 Å². The van der Waals surface area contributed by atoms with E-state index < -0.39 is 4.92 Å². The highest BCUT2D eigenvalue weighted by Gasteiger charge is 2.12. The molecule has 0 aromatic heterocycles. The molecule has 1 N–H and O–H groups in total. The number of hydrogen-bond donors (Lipinski definition) is 1. The summed E-state index contributed by atoms with van der Waals surface area (Å²) in [6, 6.07) is 10.4. The van der Waals surface area contributed by atoms with E-state index in [2.05, 4.69) is 5.32 Å². The van der Waals surface area contributed by atoms with E-state index in [-0.39, 0.29) is 17.5 Å². The van der Waals surface area contributed by atoms with Crippen LogP contribution < -0.4 is 10.1 Å². The number of benzene rings is 2. The standard InChI is InChI=1S/C15H15FN2O3/c1-10(11-3-5-12(16)6-4-11)17-13-7-14(18(19)20)9-15(8-13)21-2/h3-10,17H,1-2H3. The maximum Gasteiger partial charge on any atom is 0.275 e. The molecule has 0 aliphatic rings. The van der Waals surface area contributed by atoms with Crippen molar-refractivity contribution in [2.45, 2.75) is 13.0 Å². The first kappa shape index (κ1) is 14.8. The number of methoxy groups -OCH3 is 1. The molecule has 2 aromatic rings. The van der Waals surface area contributed by atoms with Crippen LogP contribution in [0.25, 0.3) is 0 Å². The van der Waals surface area contributed by atoms with Crippen molar-refractivity contribution >= 4 is 11.4 Å². The van der Waals surface area contributed by atoms with E-state index in [0.717, 1.165) is 5.56 Å². The molecule has 2 aromatic carbocycles. The summed E-state index contributed by atoms with van der Waals surface area (Å²) >= 11 is 0. The fourth-order valence-corrected chi connectivity index (χ4v) is 1.97. The molecule has 0 heterocycles. The van der Waals surface area contributed by atoms with Gasteiger partial charge >= 0.3 is 0 Å². The number of halogens is 1. The maximum absolute atomic E-state index is 12.9. The molecule has 1 unspecified atom stereocenters. The Balaban J connectivity index is 2.23. The molecule has 0 bridgehead atoms. The molecule has 0 aliphatic heterocycles. The Kier molecular flexibility index (Phi) is 4.37. The second-order valence-corrected chi connectivity index (χ2v) is 4.59. The van der Waals surface area contributed by atoms with Crippen LogP contribution in [0.3, 0.4) is 0 Å². The van der Waals surface area contributed by atoms with Crippen LogP contribution in [0.5, 0.6) is 5.75 Å². The lowest BCUT2D eigenvalue weighted by atomic mass is 10.1. The van der Waals surface area contributed by atoms with E-state index in [0.29, 0.717) is 11.4 Å². The summed E-state index contributed by atoms with van der Waals surface area (Å²) in [6.45, 7) is 1.89. The van der Waals surface area contributed by atoms with Crippen LogP contribution in [0.4, 0.5) is 15.8 Å². The molecule has 0 saturated heterocycles. The third-order valence-corrected chi connectivity index (χ3v) is 3.09. The average molecular weight is 290 g/mol. The molecule has 5 nitrogen and oxygen atoms in total. The van der Waals surface area contributed by atoms with Crippen molar-refractivity contribution in [3.05, 3.63) is 64.0 Å². The SMILES string of the molecule is COc1cc(NC(C)c2ccc(F)cc2)cc([N+](=O)[O-])c1. The van der Waals surface area contributed by atoms with Crippen LogP contribution in [0.2, 0.25) is 0 Å². The number of nitrogens with one attached hydrogen (secondary N) is 1. The van der Waals surface area contributed by atoms with Crippen LogP contribution in [-0.2, 0) is 0 Å². The Morgan fingerprint density at radius 3 is 2.48 bits per heavy atom. The summed E-state index contributed by atoms with van der Waals surface area (Å²) < 4.78 is 18.0. The van der Waals surface area contributed by atoms with Gasteiger partial charge in [0.15, 0.2) is 0 Å². The van der Waals surface area contributed by atoms with Gasteiger partial charge < -0.3 is 10.1 Å². The summed E-state index contributed by atoms with van der Waals surface area (Å²) in [5, 5.41) is 14.0. The molecule has 6 heteroatoms. The van der Waals surface area contributed by atoms with Gasteiger partial charge in [-0.15, -0.1) is 0 Å². The van der Waals surface area contributed by atoms with E-state index in [1.807, 2.05) is 6.92 Å². The minimum Gasteiger partial charge on any atom is -0.496 e. The molecule has 2 rings (SSSR count). The van der Waals surface area contributed by atoms with Gasteiger partial charge in [0.2, 0.25) is 0 Å². The molecule has 21 heavy (non-hydrogen) atoms. The average Bonchev–Trinajstić information content (AvgIpc) is 2.47. The smallest absolute Gasteiger partial charge is 0.275 e. The third-order valence-electron chi connectivity index (χ3n) is 3.09. The number of nitro groups is 1. The van der Waals surface area contributed by atoms with E-state index in [1.54, 1.807) is 18.2 Å². The summed E-state index contributed by atoms with van der Waals surface area (Å²) in [5.41, 5.74) is 1.39. The maximum atomic E-state index is 12.9. The van der Waals surface area contributed by atoms with Crippen LogP contribution in [0.1, 0.15) is 18.5 Å².